The first-order valence-electron chi connectivity index (χ1n) is 10.1. The lowest BCUT2D eigenvalue weighted by Gasteiger charge is -2.26. The molecule has 0 spiro atoms. The number of methoxy groups -OCH3 is 1. The molecule has 29 heavy (non-hydrogen) atoms. The second-order valence-electron chi connectivity index (χ2n) is 7.62. The van der Waals surface area contributed by atoms with Gasteiger partial charge in [0.2, 0.25) is 5.95 Å². The zero-order chi connectivity index (χ0) is 20.0. The lowest BCUT2D eigenvalue weighted by Crippen LogP contribution is -2.31. The van der Waals surface area contributed by atoms with E-state index in [1.165, 1.54) is 19.3 Å². The number of nitrogens with zero attached hydrogens (tertiary/aromatic N) is 6. The van der Waals surface area contributed by atoms with Gasteiger partial charge in [0.1, 0.15) is 5.75 Å². The van der Waals surface area contributed by atoms with Crippen LogP contribution in [0.3, 0.4) is 0 Å². The van der Waals surface area contributed by atoms with Crippen molar-refractivity contribution in [2.75, 3.05) is 25.1 Å². The fourth-order valence-electron chi connectivity index (χ4n) is 4.07. The van der Waals surface area contributed by atoms with Gasteiger partial charge in [0, 0.05) is 30.0 Å². The van der Waals surface area contributed by atoms with Crippen LogP contribution in [0.25, 0.3) is 27.9 Å². The van der Waals surface area contributed by atoms with Crippen molar-refractivity contribution >= 4 is 22.6 Å². The molecular formula is C22H24N6O. The van der Waals surface area contributed by atoms with Crippen molar-refractivity contribution in [2.45, 2.75) is 33.1 Å². The van der Waals surface area contributed by atoms with Crippen molar-refractivity contribution in [1.82, 2.24) is 24.6 Å². The molecule has 0 amide bonds. The molecule has 1 fully saturated rings. The third kappa shape index (κ3) is 3.06. The molecule has 1 aliphatic heterocycles. The van der Waals surface area contributed by atoms with Crippen molar-refractivity contribution < 1.29 is 4.74 Å². The molecule has 0 unspecified atom stereocenters. The van der Waals surface area contributed by atoms with E-state index < -0.39 is 0 Å². The van der Waals surface area contributed by atoms with Crippen LogP contribution in [0.15, 0.2) is 30.3 Å². The summed E-state index contributed by atoms with van der Waals surface area (Å²) in [4.78, 5) is 16.9. The first kappa shape index (κ1) is 17.8. The average molecular weight is 388 g/mol. The fourth-order valence-corrected chi connectivity index (χ4v) is 4.07. The molecule has 148 valence electrons. The third-order valence-electron chi connectivity index (χ3n) is 5.53. The quantitative estimate of drug-likeness (QED) is 0.529. The van der Waals surface area contributed by atoms with E-state index in [0.29, 0.717) is 5.65 Å². The third-order valence-corrected chi connectivity index (χ3v) is 5.53. The second-order valence-corrected chi connectivity index (χ2v) is 7.62. The Morgan fingerprint density at radius 1 is 0.931 bits per heavy atom. The number of aryl methyl sites for hydroxylation is 2. The first-order chi connectivity index (χ1) is 14.1. The molecule has 1 aromatic carbocycles. The summed E-state index contributed by atoms with van der Waals surface area (Å²) >= 11 is 0. The van der Waals surface area contributed by atoms with Crippen LogP contribution in [0, 0.1) is 13.8 Å². The summed E-state index contributed by atoms with van der Waals surface area (Å²) in [6.07, 6.45) is 3.61. The van der Waals surface area contributed by atoms with E-state index in [4.69, 9.17) is 24.8 Å². The number of ether oxygens (including phenoxy) is 1. The summed E-state index contributed by atoms with van der Waals surface area (Å²) in [7, 11) is 1.67. The van der Waals surface area contributed by atoms with Gasteiger partial charge in [0.15, 0.2) is 11.3 Å². The minimum absolute atomic E-state index is 0.688. The molecule has 0 radical (unpaired) electrons. The number of anilines is 1. The second kappa shape index (κ2) is 6.99. The Bertz CT molecular complexity index is 1190. The number of hydrogen-bond acceptors (Lipinski definition) is 6. The molecule has 3 aromatic heterocycles. The number of hydrogen-bond donors (Lipinski definition) is 0. The van der Waals surface area contributed by atoms with Crippen molar-refractivity contribution in [3.05, 3.63) is 41.7 Å². The van der Waals surface area contributed by atoms with Gasteiger partial charge < -0.3 is 9.64 Å². The van der Waals surface area contributed by atoms with Crippen molar-refractivity contribution in [3.63, 3.8) is 0 Å². The maximum Gasteiger partial charge on any atom is 0.228 e. The van der Waals surface area contributed by atoms with Gasteiger partial charge in [-0.2, -0.15) is 4.98 Å². The van der Waals surface area contributed by atoms with E-state index in [0.717, 1.165) is 58.5 Å². The average Bonchev–Trinajstić information content (AvgIpc) is 3.13. The van der Waals surface area contributed by atoms with Crippen molar-refractivity contribution in [1.29, 1.82) is 0 Å². The molecule has 1 saturated heterocycles. The molecule has 4 aromatic rings. The molecule has 1 aliphatic rings. The minimum atomic E-state index is 0.688. The van der Waals surface area contributed by atoms with E-state index in [2.05, 4.69) is 4.90 Å². The van der Waals surface area contributed by atoms with E-state index in [-0.39, 0.29) is 0 Å². The zero-order valence-corrected chi connectivity index (χ0v) is 17.0. The lowest BCUT2D eigenvalue weighted by atomic mass is 10.1. The van der Waals surface area contributed by atoms with Crippen LogP contribution in [0.1, 0.15) is 30.7 Å². The molecule has 4 heterocycles. The largest absolute Gasteiger partial charge is 0.497 e. The minimum Gasteiger partial charge on any atom is -0.497 e. The summed E-state index contributed by atoms with van der Waals surface area (Å²) in [5.41, 5.74) is 5.35. The van der Waals surface area contributed by atoms with Gasteiger partial charge in [-0.05, 0) is 63.4 Å². The van der Waals surface area contributed by atoms with E-state index in [1.54, 1.807) is 7.11 Å². The van der Waals surface area contributed by atoms with Crippen LogP contribution in [0.5, 0.6) is 5.75 Å². The number of fused-ring (bicyclic) bond motifs is 3. The van der Waals surface area contributed by atoms with Gasteiger partial charge in [-0.25, -0.2) is 14.5 Å². The molecule has 7 nitrogen and oxygen atoms in total. The van der Waals surface area contributed by atoms with Crippen LogP contribution >= 0.6 is 0 Å². The predicted molar refractivity (Wildman–Crippen MR) is 114 cm³/mol. The van der Waals surface area contributed by atoms with Crippen LogP contribution in [0.2, 0.25) is 0 Å². The topological polar surface area (TPSA) is 68.4 Å². The van der Waals surface area contributed by atoms with E-state index in [9.17, 15) is 0 Å². The fraction of sp³-hybridized carbons (Fsp3) is 0.364. The standard InChI is InChI=1S/C22H24N6O/c1-14-13-15(2)28-21(23-14)18-19(16-7-9-17(29-3)10-8-16)24-22(25-20(18)26-28)27-11-5-4-6-12-27/h7-10,13H,4-6,11-12H2,1-3H3. The number of aromatic nitrogens is 5. The van der Waals surface area contributed by atoms with E-state index >= 15 is 0 Å². The summed E-state index contributed by atoms with van der Waals surface area (Å²) in [6, 6.07) is 10.0. The highest BCUT2D eigenvalue weighted by Crippen LogP contribution is 2.32. The number of piperidine rings is 1. The Hall–Kier alpha value is -3.22. The summed E-state index contributed by atoms with van der Waals surface area (Å²) in [5, 5.41) is 5.67. The van der Waals surface area contributed by atoms with Crippen molar-refractivity contribution in [3.8, 4) is 17.0 Å². The predicted octanol–water partition coefficient (Wildman–Crippen LogP) is 3.96. The number of rotatable bonds is 3. The molecule has 7 heteroatoms. The van der Waals surface area contributed by atoms with Crippen molar-refractivity contribution in [2.24, 2.45) is 0 Å². The Labute approximate surface area is 169 Å². The highest BCUT2D eigenvalue weighted by Gasteiger charge is 2.21. The Kier molecular flexibility index (Phi) is 4.30. The Morgan fingerprint density at radius 3 is 2.41 bits per heavy atom. The SMILES string of the molecule is COc1ccc(-c2nc(N3CCCCC3)nc3nn4c(C)cc(C)nc4c23)cc1. The van der Waals surface area contributed by atoms with Gasteiger partial charge in [-0.15, -0.1) is 5.10 Å². The smallest absolute Gasteiger partial charge is 0.228 e. The zero-order valence-electron chi connectivity index (χ0n) is 17.0. The van der Waals surface area contributed by atoms with Gasteiger partial charge in [-0.1, -0.05) is 0 Å². The molecular weight excluding hydrogens is 364 g/mol. The first-order valence-corrected chi connectivity index (χ1v) is 10.1. The summed E-state index contributed by atoms with van der Waals surface area (Å²) in [6.45, 7) is 6.01. The Morgan fingerprint density at radius 2 is 1.69 bits per heavy atom. The Balaban J connectivity index is 1.80. The molecule has 0 bridgehead atoms. The van der Waals surface area contributed by atoms with Gasteiger partial charge >= 0.3 is 0 Å². The lowest BCUT2D eigenvalue weighted by molar-refractivity contribution is 0.415. The van der Waals surface area contributed by atoms with Gasteiger partial charge in [-0.3, -0.25) is 0 Å². The van der Waals surface area contributed by atoms with Crippen LogP contribution in [-0.4, -0.2) is 44.8 Å². The maximum atomic E-state index is 5.33. The molecule has 0 saturated carbocycles. The molecule has 0 N–H and O–H groups in total. The monoisotopic (exact) mass is 388 g/mol. The van der Waals surface area contributed by atoms with Gasteiger partial charge in [0.05, 0.1) is 18.2 Å². The maximum absolute atomic E-state index is 5.33. The molecule has 5 rings (SSSR count). The summed E-state index contributed by atoms with van der Waals surface area (Å²) < 4.78 is 7.20. The van der Waals surface area contributed by atoms with Crippen LogP contribution < -0.4 is 9.64 Å². The highest BCUT2D eigenvalue weighted by molar-refractivity contribution is 6.01. The van der Waals surface area contributed by atoms with Crippen LogP contribution in [0.4, 0.5) is 5.95 Å². The molecule has 0 aliphatic carbocycles. The number of benzene rings is 1. The van der Waals surface area contributed by atoms with Gasteiger partial charge in [0.25, 0.3) is 0 Å². The normalized spacial score (nSPS) is 14.7. The molecule has 0 atom stereocenters. The van der Waals surface area contributed by atoms with E-state index in [1.807, 2.05) is 48.7 Å². The summed E-state index contributed by atoms with van der Waals surface area (Å²) in [5.74, 6) is 1.57. The van der Waals surface area contributed by atoms with Crippen LogP contribution in [-0.2, 0) is 0 Å². The highest BCUT2D eigenvalue weighted by atomic mass is 16.5.